The highest BCUT2D eigenvalue weighted by Gasteiger charge is 2.12. The first-order valence-corrected chi connectivity index (χ1v) is 8.27. The lowest BCUT2D eigenvalue weighted by molar-refractivity contribution is 0.604. The van der Waals surface area contributed by atoms with E-state index in [-0.39, 0.29) is 11.9 Å². The zero-order chi connectivity index (χ0) is 15.2. The van der Waals surface area contributed by atoms with Crippen LogP contribution in [0.15, 0.2) is 47.4 Å². The van der Waals surface area contributed by atoms with E-state index in [9.17, 15) is 4.39 Å². The van der Waals surface area contributed by atoms with Crippen molar-refractivity contribution in [2.24, 2.45) is 0 Å². The van der Waals surface area contributed by atoms with Gasteiger partial charge >= 0.3 is 0 Å². The second-order valence-corrected chi connectivity index (χ2v) is 6.39. The number of hydrogen-bond acceptors (Lipinski definition) is 2. The normalized spacial score (nSPS) is 12.4. The van der Waals surface area contributed by atoms with E-state index in [1.165, 1.54) is 22.8 Å². The fraction of sp³-hybridized carbons (Fsp3) is 0.333. The quantitative estimate of drug-likeness (QED) is 0.763. The Labute approximate surface area is 131 Å². The first-order chi connectivity index (χ1) is 10.1. The predicted octanol–water partition coefficient (Wildman–Crippen LogP) is 4.89. The van der Waals surface area contributed by atoms with E-state index in [1.54, 1.807) is 23.9 Å². The standard InChI is InChI=1S/C18H22FNS/c1-4-20-18(15-9-13(2)8-14(3)10-15)12-21-17-7-5-6-16(19)11-17/h5-11,18,20H,4,12H2,1-3H3. The third-order valence-corrected chi connectivity index (χ3v) is 4.40. The average molecular weight is 303 g/mol. The van der Waals surface area contributed by atoms with Gasteiger partial charge in [-0.2, -0.15) is 0 Å². The first kappa shape index (κ1) is 16.1. The molecule has 0 aromatic heterocycles. The number of aryl methyl sites for hydroxylation is 2. The molecule has 0 radical (unpaired) electrons. The summed E-state index contributed by atoms with van der Waals surface area (Å²) in [6.45, 7) is 7.28. The molecule has 0 spiro atoms. The van der Waals surface area contributed by atoms with Crippen molar-refractivity contribution >= 4 is 11.8 Å². The molecule has 0 saturated heterocycles. The first-order valence-electron chi connectivity index (χ1n) is 7.28. The molecule has 1 unspecified atom stereocenters. The van der Waals surface area contributed by atoms with Crippen LogP contribution < -0.4 is 5.32 Å². The van der Waals surface area contributed by atoms with Gasteiger partial charge in [-0.15, -0.1) is 11.8 Å². The van der Waals surface area contributed by atoms with Crippen molar-refractivity contribution in [3.05, 3.63) is 65.0 Å². The second kappa shape index (κ2) is 7.62. The smallest absolute Gasteiger partial charge is 0.124 e. The van der Waals surface area contributed by atoms with Crippen molar-refractivity contribution in [2.75, 3.05) is 12.3 Å². The maximum absolute atomic E-state index is 13.2. The lowest BCUT2D eigenvalue weighted by atomic mass is 10.0. The minimum Gasteiger partial charge on any atom is -0.309 e. The van der Waals surface area contributed by atoms with Gasteiger partial charge in [0.25, 0.3) is 0 Å². The maximum atomic E-state index is 13.2. The maximum Gasteiger partial charge on any atom is 0.124 e. The Morgan fingerprint density at radius 3 is 2.43 bits per heavy atom. The molecule has 21 heavy (non-hydrogen) atoms. The molecular formula is C18H22FNS. The van der Waals surface area contributed by atoms with Crippen molar-refractivity contribution in [3.8, 4) is 0 Å². The van der Waals surface area contributed by atoms with Gasteiger partial charge in [0.2, 0.25) is 0 Å². The van der Waals surface area contributed by atoms with E-state index in [2.05, 4.69) is 44.3 Å². The number of benzene rings is 2. The highest BCUT2D eigenvalue weighted by molar-refractivity contribution is 7.99. The predicted molar refractivity (Wildman–Crippen MR) is 89.5 cm³/mol. The molecule has 0 aliphatic heterocycles. The molecule has 1 nitrogen and oxygen atoms in total. The molecule has 0 bridgehead atoms. The molecule has 2 rings (SSSR count). The molecule has 1 atom stereocenters. The fourth-order valence-corrected chi connectivity index (χ4v) is 3.51. The summed E-state index contributed by atoms with van der Waals surface area (Å²) in [5.74, 6) is 0.714. The van der Waals surface area contributed by atoms with Gasteiger partial charge in [-0.1, -0.05) is 42.3 Å². The molecule has 0 heterocycles. The highest BCUT2D eigenvalue weighted by Crippen LogP contribution is 2.26. The van der Waals surface area contributed by atoms with Gasteiger partial charge < -0.3 is 5.32 Å². The van der Waals surface area contributed by atoms with Crippen LogP contribution in [0.5, 0.6) is 0 Å². The molecule has 2 aromatic carbocycles. The fourth-order valence-electron chi connectivity index (χ4n) is 2.47. The van der Waals surface area contributed by atoms with Gasteiger partial charge in [0.1, 0.15) is 5.82 Å². The molecule has 1 N–H and O–H groups in total. The third-order valence-electron chi connectivity index (χ3n) is 3.31. The van der Waals surface area contributed by atoms with Crippen molar-refractivity contribution in [1.29, 1.82) is 0 Å². The van der Waals surface area contributed by atoms with Crippen LogP contribution in [-0.4, -0.2) is 12.3 Å². The number of hydrogen-bond donors (Lipinski definition) is 1. The summed E-state index contributed by atoms with van der Waals surface area (Å²) < 4.78 is 13.2. The van der Waals surface area contributed by atoms with Gasteiger partial charge in [-0.25, -0.2) is 4.39 Å². The molecule has 0 aliphatic rings. The molecule has 2 aromatic rings. The van der Waals surface area contributed by atoms with E-state index in [4.69, 9.17) is 0 Å². The van der Waals surface area contributed by atoms with Gasteiger partial charge in [0, 0.05) is 16.7 Å². The van der Waals surface area contributed by atoms with Crippen molar-refractivity contribution < 1.29 is 4.39 Å². The highest BCUT2D eigenvalue weighted by atomic mass is 32.2. The zero-order valence-electron chi connectivity index (χ0n) is 12.8. The van der Waals surface area contributed by atoms with Crippen LogP contribution in [0.3, 0.4) is 0 Å². The zero-order valence-corrected chi connectivity index (χ0v) is 13.6. The third kappa shape index (κ3) is 4.87. The van der Waals surface area contributed by atoms with Gasteiger partial charge in [-0.05, 0) is 44.2 Å². The lowest BCUT2D eigenvalue weighted by Crippen LogP contribution is -2.23. The molecule has 112 valence electrons. The average Bonchev–Trinajstić information content (AvgIpc) is 2.42. The van der Waals surface area contributed by atoms with E-state index in [1.807, 2.05) is 6.07 Å². The molecule has 3 heteroatoms. The van der Waals surface area contributed by atoms with Crippen LogP contribution >= 0.6 is 11.8 Å². The van der Waals surface area contributed by atoms with Crippen LogP contribution in [0.2, 0.25) is 0 Å². The van der Waals surface area contributed by atoms with Crippen molar-refractivity contribution in [2.45, 2.75) is 31.7 Å². The van der Waals surface area contributed by atoms with E-state index in [0.717, 1.165) is 17.2 Å². The number of halogens is 1. The summed E-state index contributed by atoms with van der Waals surface area (Å²) in [6.07, 6.45) is 0. The summed E-state index contributed by atoms with van der Waals surface area (Å²) in [7, 11) is 0. The minimum absolute atomic E-state index is 0.175. The molecule has 0 fully saturated rings. The SMILES string of the molecule is CCNC(CSc1cccc(F)c1)c1cc(C)cc(C)c1. The monoisotopic (exact) mass is 303 g/mol. The summed E-state index contributed by atoms with van der Waals surface area (Å²) in [6, 6.07) is 13.7. The Bertz CT molecular complexity index is 577. The summed E-state index contributed by atoms with van der Waals surface area (Å²) in [4.78, 5) is 0.974. The molecule has 0 aliphatic carbocycles. The van der Waals surface area contributed by atoms with Crippen molar-refractivity contribution in [1.82, 2.24) is 5.32 Å². The van der Waals surface area contributed by atoms with Crippen molar-refractivity contribution in [3.63, 3.8) is 0 Å². The van der Waals surface area contributed by atoms with Gasteiger partial charge in [0.05, 0.1) is 0 Å². The van der Waals surface area contributed by atoms with Gasteiger partial charge in [-0.3, -0.25) is 0 Å². The Balaban J connectivity index is 2.11. The summed E-state index contributed by atoms with van der Waals surface area (Å²) >= 11 is 1.69. The van der Waals surface area contributed by atoms with Crippen LogP contribution in [0.25, 0.3) is 0 Å². The van der Waals surface area contributed by atoms with Crippen LogP contribution in [0.1, 0.15) is 29.7 Å². The largest absolute Gasteiger partial charge is 0.309 e. The molecular weight excluding hydrogens is 281 g/mol. The van der Waals surface area contributed by atoms with Crippen LogP contribution in [0, 0.1) is 19.7 Å². The Morgan fingerprint density at radius 2 is 1.81 bits per heavy atom. The Morgan fingerprint density at radius 1 is 1.10 bits per heavy atom. The van der Waals surface area contributed by atoms with Crippen LogP contribution in [-0.2, 0) is 0 Å². The number of nitrogens with one attached hydrogen (secondary N) is 1. The molecule has 0 amide bonds. The van der Waals surface area contributed by atoms with Crippen LogP contribution in [0.4, 0.5) is 4.39 Å². The van der Waals surface area contributed by atoms with E-state index < -0.39 is 0 Å². The molecule has 0 saturated carbocycles. The number of thioether (sulfide) groups is 1. The number of rotatable bonds is 6. The van der Waals surface area contributed by atoms with E-state index >= 15 is 0 Å². The topological polar surface area (TPSA) is 12.0 Å². The summed E-state index contributed by atoms with van der Waals surface area (Å²) in [5, 5.41) is 3.52. The second-order valence-electron chi connectivity index (χ2n) is 5.30. The Hall–Kier alpha value is -1.32. The van der Waals surface area contributed by atoms with Gasteiger partial charge in [0.15, 0.2) is 0 Å². The lowest BCUT2D eigenvalue weighted by Gasteiger charge is -2.19. The minimum atomic E-state index is -0.175. The van der Waals surface area contributed by atoms with E-state index in [0.29, 0.717) is 0 Å². The Kier molecular flexibility index (Phi) is 5.83. The summed E-state index contributed by atoms with van der Waals surface area (Å²) in [5.41, 5.74) is 3.87.